The summed E-state index contributed by atoms with van der Waals surface area (Å²) in [7, 11) is 0. The third kappa shape index (κ3) is 3.41. The molecule has 3 nitrogen and oxygen atoms in total. The average molecular weight is 361 g/mol. The van der Waals surface area contributed by atoms with E-state index in [9.17, 15) is 4.79 Å². The molecule has 4 aliphatic rings. The molecule has 140 valence electrons. The number of hydrogen-bond donors (Lipinski definition) is 1. The Labute approximate surface area is 161 Å². The third-order valence-electron chi connectivity index (χ3n) is 6.52. The van der Waals surface area contributed by atoms with Crippen LogP contribution in [0.4, 0.5) is 5.69 Å². The summed E-state index contributed by atoms with van der Waals surface area (Å²) in [5, 5.41) is 3.05. The molecule has 1 fully saturated rings. The number of likely N-dealkylation sites (tertiary alicyclic amines) is 1. The van der Waals surface area contributed by atoms with E-state index in [2.05, 4.69) is 40.6 Å². The Morgan fingerprint density at radius 2 is 1.93 bits per heavy atom. The van der Waals surface area contributed by atoms with Gasteiger partial charge in [-0.2, -0.15) is 0 Å². The number of carbonyl (C=O) groups excluding carboxylic acids is 1. The van der Waals surface area contributed by atoms with Gasteiger partial charge in [0.1, 0.15) is 0 Å². The number of nitrogens with one attached hydrogen (secondary N) is 1. The van der Waals surface area contributed by atoms with Gasteiger partial charge in [0.15, 0.2) is 0 Å². The van der Waals surface area contributed by atoms with Crippen molar-refractivity contribution in [3.63, 3.8) is 0 Å². The quantitative estimate of drug-likeness (QED) is 0.778. The largest absolute Gasteiger partial charge is 0.321 e. The standard InChI is InChI=1S/C24H28N2O/c27-24-22(16-18-13-19-5-1-2-6-20(19)14-18)21-15-17(7-8-23(21)25-24)9-12-26-10-3-4-11-26/h7-8,13,15-16H,1-6,9-12,14H2,(H,25,27). The highest BCUT2D eigenvalue weighted by Gasteiger charge is 2.26. The molecule has 0 aromatic heterocycles. The lowest BCUT2D eigenvalue weighted by Gasteiger charge is -2.14. The van der Waals surface area contributed by atoms with Gasteiger partial charge in [-0.25, -0.2) is 0 Å². The smallest absolute Gasteiger partial charge is 0.256 e. The molecule has 2 aliphatic carbocycles. The van der Waals surface area contributed by atoms with Gasteiger partial charge in [-0.05, 0) is 99.4 Å². The van der Waals surface area contributed by atoms with Gasteiger partial charge in [-0.1, -0.05) is 17.7 Å². The molecule has 2 aliphatic heterocycles. The van der Waals surface area contributed by atoms with Crippen molar-refractivity contribution in [2.24, 2.45) is 0 Å². The van der Waals surface area contributed by atoms with Crippen LogP contribution in [0.25, 0.3) is 5.57 Å². The molecule has 1 aromatic carbocycles. The van der Waals surface area contributed by atoms with Crippen LogP contribution in [-0.4, -0.2) is 30.4 Å². The maximum atomic E-state index is 12.6. The number of amides is 1. The van der Waals surface area contributed by atoms with E-state index in [4.69, 9.17) is 0 Å². The van der Waals surface area contributed by atoms with E-state index in [1.807, 2.05) is 0 Å². The van der Waals surface area contributed by atoms with Crippen LogP contribution in [0.2, 0.25) is 0 Å². The van der Waals surface area contributed by atoms with Crippen molar-refractivity contribution in [3.8, 4) is 0 Å². The van der Waals surface area contributed by atoms with Gasteiger partial charge >= 0.3 is 0 Å². The Kier molecular flexibility index (Phi) is 4.48. The normalized spacial score (nSPS) is 23.6. The van der Waals surface area contributed by atoms with Gasteiger partial charge in [0.05, 0.1) is 0 Å². The predicted molar refractivity (Wildman–Crippen MR) is 111 cm³/mol. The van der Waals surface area contributed by atoms with Crippen LogP contribution in [0, 0.1) is 0 Å². The van der Waals surface area contributed by atoms with E-state index in [0.717, 1.165) is 36.2 Å². The number of carbonyl (C=O) groups is 1. The first-order chi connectivity index (χ1) is 13.3. The SMILES string of the molecule is O=C1Nc2ccc(CCN3CCCC3)cc2C1=CC1=CC2=C(CCCC2)C1. The van der Waals surface area contributed by atoms with E-state index in [0.29, 0.717) is 0 Å². The lowest BCUT2D eigenvalue weighted by Crippen LogP contribution is -2.21. The minimum absolute atomic E-state index is 0.0486. The highest BCUT2D eigenvalue weighted by atomic mass is 16.2. The van der Waals surface area contributed by atoms with E-state index in [-0.39, 0.29) is 5.91 Å². The molecule has 0 spiro atoms. The van der Waals surface area contributed by atoms with Crippen molar-refractivity contribution in [3.05, 3.63) is 58.2 Å². The van der Waals surface area contributed by atoms with E-state index in [1.54, 1.807) is 5.57 Å². The molecule has 5 rings (SSSR count). The number of fused-ring (bicyclic) bond motifs is 1. The molecule has 1 aromatic rings. The van der Waals surface area contributed by atoms with Crippen LogP contribution < -0.4 is 5.32 Å². The fourth-order valence-electron chi connectivity index (χ4n) is 4.99. The lowest BCUT2D eigenvalue weighted by atomic mass is 9.93. The lowest BCUT2D eigenvalue weighted by molar-refractivity contribution is -0.110. The first-order valence-corrected chi connectivity index (χ1v) is 10.6. The van der Waals surface area contributed by atoms with Gasteiger partial charge < -0.3 is 10.2 Å². The molecule has 0 saturated carbocycles. The summed E-state index contributed by atoms with van der Waals surface area (Å²) in [6, 6.07) is 6.49. The molecule has 0 bridgehead atoms. The van der Waals surface area contributed by atoms with Gasteiger partial charge in [-0.15, -0.1) is 0 Å². The Bertz CT molecular complexity index is 868. The van der Waals surface area contributed by atoms with Crippen molar-refractivity contribution in [2.75, 3.05) is 25.0 Å². The molecule has 0 radical (unpaired) electrons. The Hall–Kier alpha value is -2.13. The maximum Gasteiger partial charge on any atom is 0.256 e. The fraction of sp³-hybridized carbons (Fsp3) is 0.458. The number of rotatable bonds is 4. The summed E-state index contributed by atoms with van der Waals surface area (Å²) in [6.45, 7) is 3.60. The molecule has 0 atom stereocenters. The molecular weight excluding hydrogens is 332 g/mol. The van der Waals surface area contributed by atoms with Gasteiger partial charge in [0.25, 0.3) is 5.91 Å². The zero-order valence-electron chi connectivity index (χ0n) is 16.0. The number of anilines is 1. The molecule has 27 heavy (non-hydrogen) atoms. The fourth-order valence-corrected chi connectivity index (χ4v) is 4.99. The van der Waals surface area contributed by atoms with Gasteiger partial charge in [0, 0.05) is 23.4 Å². The number of nitrogens with zero attached hydrogens (tertiary/aromatic N) is 1. The number of hydrogen-bond acceptors (Lipinski definition) is 2. The summed E-state index contributed by atoms with van der Waals surface area (Å²) in [4.78, 5) is 15.1. The Morgan fingerprint density at radius 1 is 1.07 bits per heavy atom. The highest BCUT2D eigenvalue weighted by molar-refractivity contribution is 6.31. The van der Waals surface area contributed by atoms with Gasteiger partial charge in [0.2, 0.25) is 0 Å². The summed E-state index contributed by atoms with van der Waals surface area (Å²) in [5.74, 6) is 0.0486. The van der Waals surface area contributed by atoms with Crippen molar-refractivity contribution in [1.82, 2.24) is 4.90 Å². The zero-order chi connectivity index (χ0) is 18.2. The van der Waals surface area contributed by atoms with Crippen LogP contribution in [-0.2, 0) is 11.2 Å². The number of benzene rings is 1. The van der Waals surface area contributed by atoms with E-state index >= 15 is 0 Å². The average Bonchev–Trinajstić information content (AvgIpc) is 3.39. The van der Waals surface area contributed by atoms with Crippen LogP contribution in [0.1, 0.15) is 56.1 Å². The number of allylic oxidation sites excluding steroid dienone is 5. The summed E-state index contributed by atoms with van der Waals surface area (Å²) >= 11 is 0. The molecule has 1 N–H and O–H groups in total. The van der Waals surface area contributed by atoms with Crippen LogP contribution >= 0.6 is 0 Å². The van der Waals surface area contributed by atoms with Crippen molar-refractivity contribution in [1.29, 1.82) is 0 Å². The van der Waals surface area contributed by atoms with Gasteiger partial charge in [-0.3, -0.25) is 4.79 Å². The second-order valence-electron chi connectivity index (χ2n) is 8.42. The second kappa shape index (κ2) is 7.12. The minimum Gasteiger partial charge on any atom is -0.321 e. The topological polar surface area (TPSA) is 32.3 Å². The van der Waals surface area contributed by atoms with E-state index in [1.165, 1.54) is 68.3 Å². The highest BCUT2D eigenvalue weighted by Crippen LogP contribution is 2.39. The zero-order valence-corrected chi connectivity index (χ0v) is 16.0. The van der Waals surface area contributed by atoms with E-state index < -0.39 is 0 Å². The summed E-state index contributed by atoms with van der Waals surface area (Å²) in [6.07, 6.45) is 14.3. The molecule has 0 unspecified atom stereocenters. The van der Waals surface area contributed by atoms with Crippen molar-refractivity contribution >= 4 is 17.2 Å². The molecule has 3 heteroatoms. The Morgan fingerprint density at radius 3 is 2.78 bits per heavy atom. The van der Waals surface area contributed by atoms with Crippen LogP contribution in [0.15, 0.2) is 47.1 Å². The summed E-state index contributed by atoms with van der Waals surface area (Å²) < 4.78 is 0. The second-order valence-corrected chi connectivity index (χ2v) is 8.42. The maximum absolute atomic E-state index is 12.6. The van der Waals surface area contributed by atoms with Crippen molar-refractivity contribution < 1.29 is 4.79 Å². The van der Waals surface area contributed by atoms with Crippen molar-refractivity contribution in [2.45, 2.75) is 51.4 Å². The monoisotopic (exact) mass is 360 g/mol. The minimum atomic E-state index is 0.0486. The summed E-state index contributed by atoms with van der Waals surface area (Å²) in [5.41, 5.74) is 8.68. The van der Waals surface area contributed by atoms with Crippen LogP contribution in [0.5, 0.6) is 0 Å². The predicted octanol–water partition coefficient (Wildman–Crippen LogP) is 4.86. The third-order valence-corrected chi connectivity index (χ3v) is 6.52. The molecule has 1 amide bonds. The molecular formula is C24H28N2O. The first-order valence-electron chi connectivity index (χ1n) is 10.6. The Balaban J connectivity index is 1.36. The molecule has 2 heterocycles. The van der Waals surface area contributed by atoms with Crippen LogP contribution in [0.3, 0.4) is 0 Å². The first kappa shape index (κ1) is 17.0. The molecule has 1 saturated heterocycles.